The van der Waals surface area contributed by atoms with Gasteiger partial charge in [0.2, 0.25) is 0 Å². The molecule has 2 heteroatoms. The molecule has 0 saturated heterocycles. The lowest BCUT2D eigenvalue weighted by Gasteiger charge is -1.80. The van der Waals surface area contributed by atoms with Gasteiger partial charge in [0.15, 0.2) is 0 Å². The smallest absolute Gasteiger partial charge is 0.0467 e. The topological polar surface area (TPSA) is 20.2 Å². The lowest BCUT2D eigenvalue weighted by molar-refractivity contribution is 0.322. The zero-order valence-corrected chi connectivity index (χ0v) is 4.36. The highest BCUT2D eigenvalue weighted by molar-refractivity contribution is 7.36. The van der Waals surface area contributed by atoms with Gasteiger partial charge in [0.05, 0.1) is 0 Å². The van der Waals surface area contributed by atoms with Crippen LogP contribution >= 0.6 is 8.58 Å². The predicted octanol–water partition coefficient (Wildman–Crippen LogP) is 0.287. The van der Waals surface area contributed by atoms with Crippen LogP contribution in [0.1, 0.15) is 0 Å². The second-order valence-electron chi connectivity index (χ2n) is 0.827. The van der Waals surface area contributed by atoms with Crippen molar-refractivity contribution < 1.29 is 5.11 Å². The lowest BCUT2D eigenvalue weighted by atomic mass is 10.9. The van der Waals surface area contributed by atoms with E-state index in [1.54, 1.807) is 0 Å². The molecule has 0 amide bonds. The van der Waals surface area contributed by atoms with E-state index in [0.717, 1.165) is 14.7 Å². The summed E-state index contributed by atoms with van der Waals surface area (Å²) in [6.45, 7) is 2.44. The van der Waals surface area contributed by atoms with E-state index in [0.29, 0.717) is 6.61 Å². The summed E-state index contributed by atoms with van der Waals surface area (Å²) in [5, 5.41) is 8.07. The summed E-state index contributed by atoms with van der Waals surface area (Å²) >= 11 is 0. The van der Waals surface area contributed by atoms with Gasteiger partial charge in [-0.2, -0.15) is 0 Å². The highest BCUT2D eigenvalue weighted by atomic mass is 31.1. The van der Waals surface area contributed by atoms with E-state index < -0.39 is 0 Å². The first-order valence-corrected chi connectivity index (χ1v) is 3.38. The summed E-state index contributed by atoms with van der Waals surface area (Å²) in [7, 11) is 0.908. The Morgan fingerprint density at radius 3 is 2.40 bits per heavy atom. The molecule has 32 valence electrons. The van der Waals surface area contributed by atoms with Gasteiger partial charge >= 0.3 is 0 Å². The lowest BCUT2D eigenvalue weighted by Crippen LogP contribution is -1.79. The summed E-state index contributed by atoms with van der Waals surface area (Å²) < 4.78 is 0. The molecule has 0 aromatic rings. The molecule has 1 atom stereocenters. The first-order chi connectivity index (χ1) is 2.41. The van der Waals surface area contributed by atoms with Crippen LogP contribution in [0.3, 0.4) is 0 Å². The van der Waals surface area contributed by atoms with E-state index in [-0.39, 0.29) is 0 Å². The number of aliphatic hydroxyl groups excluding tert-OH is 1. The molecule has 0 saturated carbocycles. The zero-order valence-electron chi connectivity index (χ0n) is 3.36. The molecule has 1 unspecified atom stereocenters. The SMILES string of the molecule is CPCCO. The van der Waals surface area contributed by atoms with Gasteiger partial charge in [-0.3, -0.25) is 0 Å². The first kappa shape index (κ1) is 5.39. The van der Waals surface area contributed by atoms with Gasteiger partial charge in [0, 0.05) is 6.61 Å². The molecule has 0 aliphatic carbocycles. The Kier molecular flexibility index (Phi) is 4.73. The standard InChI is InChI=1S/C3H9OP/c1-5-3-2-4/h4-5H,2-3H2,1H3. The molecule has 0 aromatic heterocycles. The van der Waals surface area contributed by atoms with Crippen LogP contribution in [0.15, 0.2) is 0 Å². The first-order valence-electron chi connectivity index (χ1n) is 1.67. The van der Waals surface area contributed by atoms with Gasteiger partial charge in [0.1, 0.15) is 0 Å². The van der Waals surface area contributed by atoms with Crippen LogP contribution < -0.4 is 0 Å². The quantitative estimate of drug-likeness (QED) is 0.485. The van der Waals surface area contributed by atoms with Gasteiger partial charge in [-0.15, -0.1) is 8.58 Å². The average molecular weight is 92.1 g/mol. The van der Waals surface area contributed by atoms with Crippen LogP contribution in [0, 0.1) is 0 Å². The summed E-state index contributed by atoms with van der Waals surface area (Å²) in [5.41, 5.74) is 0. The molecule has 5 heavy (non-hydrogen) atoms. The molecule has 0 aliphatic heterocycles. The number of hydrogen-bond donors (Lipinski definition) is 1. The molecular weight excluding hydrogens is 83.0 g/mol. The summed E-state index contributed by atoms with van der Waals surface area (Å²) in [6, 6.07) is 0. The van der Waals surface area contributed by atoms with Gasteiger partial charge in [0.25, 0.3) is 0 Å². The second kappa shape index (κ2) is 4.39. The van der Waals surface area contributed by atoms with Crippen molar-refractivity contribution in [2.24, 2.45) is 0 Å². The van der Waals surface area contributed by atoms with Crippen LogP contribution in [-0.4, -0.2) is 24.5 Å². The summed E-state index contributed by atoms with van der Waals surface area (Å²) in [5.74, 6) is 0. The van der Waals surface area contributed by atoms with Crippen molar-refractivity contribution >= 4 is 8.58 Å². The third-order valence-electron chi connectivity index (χ3n) is 0.362. The van der Waals surface area contributed by atoms with Crippen molar-refractivity contribution in [3.8, 4) is 0 Å². The van der Waals surface area contributed by atoms with Gasteiger partial charge < -0.3 is 5.11 Å². The maximum atomic E-state index is 8.07. The molecule has 1 N–H and O–H groups in total. The third-order valence-corrected chi connectivity index (χ3v) is 1.09. The van der Waals surface area contributed by atoms with Gasteiger partial charge in [-0.05, 0) is 12.8 Å². The average Bonchev–Trinajstić information content (AvgIpc) is 1.41. The van der Waals surface area contributed by atoms with E-state index in [4.69, 9.17) is 5.11 Å². The number of hydrogen-bond acceptors (Lipinski definition) is 1. The Labute approximate surface area is 34.2 Å². The van der Waals surface area contributed by atoms with Gasteiger partial charge in [-0.1, -0.05) is 0 Å². The van der Waals surface area contributed by atoms with Crippen molar-refractivity contribution in [3.63, 3.8) is 0 Å². The maximum absolute atomic E-state index is 8.07. The number of aliphatic hydroxyl groups is 1. The van der Waals surface area contributed by atoms with E-state index in [2.05, 4.69) is 6.66 Å². The van der Waals surface area contributed by atoms with Crippen LogP contribution in [0.4, 0.5) is 0 Å². The van der Waals surface area contributed by atoms with Crippen molar-refractivity contribution in [1.82, 2.24) is 0 Å². The van der Waals surface area contributed by atoms with Crippen molar-refractivity contribution in [2.75, 3.05) is 19.4 Å². The minimum absolute atomic E-state index is 0.356. The minimum Gasteiger partial charge on any atom is -0.396 e. The molecule has 0 spiro atoms. The molecule has 0 fully saturated rings. The molecule has 0 heterocycles. The Balaban J connectivity index is 2.19. The van der Waals surface area contributed by atoms with Crippen molar-refractivity contribution in [1.29, 1.82) is 0 Å². The van der Waals surface area contributed by atoms with E-state index in [9.17, 15) is 0 Å². The van der Waals surface area contributed by atoms with Crippen molar-refractivity contribution in [2.45, 2.75) is 0 Å². The molecule has 0 aromatic carbocycles. The highest BCUT2D eigenvalue weighted by Gasteiger charge is 1.68. The molecule has 0 bridgehead atoms. The second-order valence-corrected chi connectivity index (χ2v) is 2.03. The van der Waals surface area contributed by atoms with Crippen molar-refractivity contribution in [3.05, 3.63) is 0 Å². The Morgan fingerprint density at radius 1 is 1.80 bits per heavy atom. The largest absolute Gasteiger partial charge is 0.396 e. The van der Waals surface area contributed by atoms with Crippen LogP contribution in [0.2, 0.25) is 0 Å². The molecule has 1 nitrogen and oxygen atoms in total. The normalized spacial score (nSPS) is 10.8. The van der Waals surface area contributed by atoms with Crippen LogP contribution in [0.5, 0.6) is 0 Å². The Bertz CT molecular complexity index is 14.4. The Morgan fingerprint density at radius 2 is 2.40 bits per heavy atom. The summed E-state index contributed by atoms with van der Waals surface area (Å²) in [6.07, 6.45) is 0.972. The fourth-order valence-corrected chi connectivity index (χ4v) is 0.335. The molecule has 0 aliphatic rings. The predicted molar refractivity (Wildman–Crippen MR) is 26.2 cm³/mol. The maximum Gasteiger partial charge on any atom is 0.0467 e. The third kappa shape index (κ3) is 4.39. The van der Waals surface area contributed by atoms with Gasteiger partial charge in [-0.25, -0.2) is 0 Å². The summed E-state index contributed by atoms with van der Waals surface area (Å²) in [4.78, 5) is 0. The highest BCUT2D eigenvalue weighted by Crippen LogP contribution is 1.96. The minimum atomic E-state index is 0.356. The number of rotatable bonds is 2. The zero-order chi connectivity index (χ0) is 4.12. The monoisotopic (exact) mass is 92.0 g/mol. The van der Waals surface area contributed by atoms with Crippen LogP contribution in [-0.2, 0) is 0 Å². The molecule has 0 radical (unpaired) electrons. The molecule has 0 rings (SSSR count). The van der Waals surface area contributed by atoms with Crippen LogP contribution in [0.25, 0.3) is 0 Å². The van der Waals surface area contributed by atoms with E-state index in [1.807, 2.05) is 0 Å². The fraction of sp³-hybridized carbons (Fsp3) is 1.00. The fourth-order valence-electron chi connectivity index (χ4n) is 0.112. The molecular formula is C3H9OP. The van der Waals surface area contributed by atoms with E-state index in [1.165, 1.54) is 0 Å². The van der Waals surface area contributed by atoms with E-state index >= 15 is 0 Å². The Hall–Kier alpha value is 0.390.